The Bertz CT molecular complexity index is 491. The molecule has 0 saturated carbocycles. The number of rotatable bonds is 11. The lowest BCUT2D eigenvalue weighted by Crippen LogP contribution is -2.51. The Hall–Kier alpha value is -2.00. The maximum absolute atomic E-state index is 11.5. The summed E-state index contributed by atoms with van der Waals surface area (Å²) in [7, 11) is 0. The molecule has 8 N–H and O–H groups in total. The van der Waals surface area contributed by atoms with Crippen LogP contribution >= 0.6 is 0 Å². The number of ether oxygens (including phenoxy) is 1. The van der Waals surface area contributed by atoms with Crippen LogP contribution in [-0.4, -0.2) is 114 Å². The third-order valence-electron chi connectivity index (χ3n) is 3.01. The smallest absolute Gasteiger partial charge is 0.378 e. The molecule has 144 valence electrons. The largest absolute Gasteiger partial charge is 0.479 e. The van der Waals surface area contributed by atoms with Crippen molar-refractivity contribution in [2.75, 3.05) is 6.61 Å². The molecule has 0 amide bonds. The summed E-state index contributed by atoms with van der Waals surface area (Å²) in [6.07, 6.45) is -16.8. The van der Waals surface area contributed by atoms with E-state index in [-0.39, 0.29) is 6.29 Å². The number of hydrogen-bond donors (Lipinski definition) is 8. The van der Waals surface area contributed by atoms with Gasteiger partial charge in [-0.2, -0.15) is 0 Å². The number of carbonyl (C=O) groups excluding carboxylic acids is 3. The van der Waals surface area contributed by atoms with Crippen molar-refractivity contribution in [1.29, 1.82) is 0 Å². The summed E-state index contributed by atoms with van der Waals surface area (Å²) >= 11 is 0. The van der Waals surface area contributed by atoms with Gasteiger partial charge in [-0.25, -0.2) is 9.59 Å². The van der Waals surface area contributed by atoms with Gasteiger partial charge in [-0.15, -0.1) is 0 Å². The zero-order chi connectivity index (χ0) is 19.9. The fourth-order valence-electron chi connectivity index (χ4n) is 1.48. The molecule has 25 heavy (non-hydrogen) atoms. The number of carboxylic acid groups (broad SMARTS) is 1. The highest BCUT2D eigenvalue weighted by atomic mass is 16.6. The van der Waals surface area contributed by atoms with Gasteiger partial charge in [0, 0.05) is 0 Å². The number of esters is 1. The lowest BCUT2D eigenvalue weighted by Gasteiger charge is -2.25. The molecule has 0 aliphatic heterocycles. The molecule has 0 bridgehead atoms. The fourth-order valence-corrected chi connectivity index (χ4v) is 1.48. The number of carbonyl (C=O) groups is 4. The van der Waals surface area contributed by atoms with Crippen LogP contribution in [0.25, 0.3) is 0 Å². The molecule has 0 aliphatic rings. The average Bonchev–Trinajstić information content (AvgIpc) is 2.60. The van der Waals surface area contributed by atoms with Crippen LogP contribution in [0.3, 0.4) is 0 Å². The van der Waals surface area contributed by atoms with Crippen LogP contribution in [-0.2, 0) is 23.9 Å². The van der Waals surface area contributed by atoms with E-state index >= 15 is 0 Å². The number of aliphatic hydroxyl groups is 7. The lowest BCUT2D eigenvalue weighted by molar-refractivity contribution is -0.179. The van der Waals surface area contributed by atoms with E-state index in [2.05, 4.69) is 4.74 Å². The molecule has 0 aliphatic carbocycles. The second-order valence-corrected chi connectivity index (χ2v) is 4.82. The van der Waals surface area contributed by atoms with Crippen molar-refractivity contribution < 1.29 is 64.8 Å². The number of hydrogen-bond acceptors (Lipinski definition) is 12. The Morgan fingerprint density at radius 2 is 1.40 bits per heavy atom. The van der Waals surface area contributed by atoms with Crippen molar-refractivity contribution in [3.63, 3.8) is 0 Å². The molecule has 0 radical (unpaired) electrons. The molecule has 13 heteroatoms. The van der Waals surface area contributed by atoms with Crippen LogP contribution in [0.4, 0.5) is 0 Å². The lowest BCUT2D eigenvalue weighted by atomic mass is 10.0. The first-order valence-electron chi connectivity index (χ1n) is 6.61. The molecular formula is C12H18O13. The van der Waals surface area contributed by atoms with E-state index in [9.17, 15) is 39.6 Å². The van der Waals surface area contributed by atoms with Crippen molar-refractivity contribution in [1.82, 2.24) is 0 Å². The summed E-state index contributed by atoms with van der Waals surface area (Å²) in [6, 6.07) is 0. The summed E-state index contributed by atoms with van der Waals surface area (Å²) in [6.45, 7) is -1.06. The third-order valence-corrected chi connectivity index (χ3v) is 3.01. The van der Waals surface area contributed by atoms with E-state index in [1.807, 2.05) is 0 Å². The molecule has 0 aromatic rings. The Balaban J connectivity index is 5.01. The number of Topliss-reactive ketones (excluding diaryl/α,β-unsaturated/α-hetero) is 1. The molecule has 7 atom stereocenters. The minimum atomic E-state index is -2.55. The van der Waals surface area contributed by atoms with Crippen molar-refractivity contribution in [2.45, 2.75) is 42.7 Å². The Kier molecular flexibility index (Phi) is 9.29. The van der Waals surface area contributed by atoms with Gasteiger partial charge in [0.05, 0.1) is 6.61 Å². The summed E-state index contributed by atoms with van der Waals surface area (Å²) in [5, 5.41) is 72.6. The Morgan fingerprint density at radius 3 is 1.80 bits per heavy atom. The van der Waals surface area contributed by atoms with Gasteiger partial charge in [0.1, 0.15) is 24.4 Å². The number of carboxylic acids is 1. The van der Waals surface area contributed by atoms with Crippen LogP contribution < -0.4 is 0 Å². The van der Waals surface area contributed by atoms with Crippen LogP contribution in [0.2, 0.25) is 0 Å². The summed E-state index contributed by atoms with van der Waals surface area (Å²) in [5.41, 5.74) is 0. The summed E-state index contributed by atoms with van der Waals surface area (Å²) in [4.78, 5) is 44.2. The zero-order valence-corrected chi connectivity index (χ0v) is 12.4. The van der Waals surface area contributed by atoms with E-state index in [0.29, 0.717) is 0 Å². The monoisotopic (exact) mass is 370 g/mol. The molecule has 13 nitrogen and oxygen atoms in total. The van der Waals surface area contributed by atoms with E-state index in [4.69, 9.17) is 20.4 Å². The van der Waals surface area contributed by atoms with Crippen LogP contribution in [0.15, 0.2) is 0 Å². The predicted molar refractivity (Wildman–Crippen MR) is 71.7 cm³/mol. The second-order valence-electron chi connectivity index (χ2n) is 4.82. The quantitative estimate of drug-likeness (QED) is 0.0960. The standard InChI is InChI=1S/C12H18O13/c13-1-3(15)5(16)7(18)10(21)12(24)25-4(2-14)6(17)8(19)9(20)11(22)23/h2-9,13,15-20H,1H2,(H,22,23)/t3-,4-,5+,6+,7+,8-,9-/m0/s1. The molecule has 0 spiro atoms. The van der Waals surface area contributed by atoms with Gasteiger partial charge < -0.3 is 45.6 Å². The SMILES string of the molecule is O=C[C@H](OC(=O)C(=O)[C@H](O)[C@H](O)[C@@H](O)CO)[C@@H](O)[C@H](O)[C@H](O)C(=O)O. The van der Waals surface area contributed by atoms with E-state index in [0.717, 1.165) is 0 Å². The first-order valence-corrected chi connectivity index (χ1v) is 6.61. The van der Waals surface area contributed by atoms with E-state index in [1.54, 1.807) is 0 Å². The van der Waals surface area contributed by atoms with Crippen LogP contribution in [0.5, 0.6) is 0 Å². The van der Waals surface area contributed by atoms with Crippen LogP contribution in [0, 0.1) is 0 Å². The van der Waals surface area contributed by atoms with E-state index in [1.165, 1.54) is 0 Å². The molecule has 0 rings (SSSR count). The zero-order valence-electron chi connectivity index (χ0n) is 12.4. The highest BCUT2D eigenvalue weighted by Gasteiger charge is 2.40. The molecule has 0 fully saturated rings. The fraction of sp³-hybridized carbons (Fsp3) is 0.667. The molecule has 0 unspecified atom stereocenters. The third kappa shape index (κ3) is 6.09. The van der Waals surface area contributed by atoms with Gasteiger partial charge in [0.2, 0.25) is 0 Å². The Labute approximate surface area is 139 Å². The number of ketones is 1. The number of aliphatic hydroxyl groups excluding tert-OH is 7. The summed E-state index contributed by atoms with van der Waals surface area (Å²) < 4.78 is 4.17. The minimum Gasteiger partial charge on any atom is -0.479 e. The van der Waals surface area contributed by atoms with Gasteiger partial charge in [0.15, 0.2) is 24.6 Å². The molecule has 0 aromatic heterocycles. The molecule has 0 saturated heterocycles. The Morgan fingerprint density at radius 1 is 0.880 bits per heavy atom. The second kappa shape index (κ2) is 10.1. The van der Waals surface area contributed by atoms with Gasteiger partial charge in [-0.1, -0.05) is 0 Å². The highest BCUT2D eigenvalue weighted by molar-refractivity contribution is 6.35. The van der Waals surface area contributed by atoms with Gasteiger partial charge in [0.25, 0.3) is 5.78 Å². The predicted octanol–water partition coefficient (Wildman–Crippen LogP) is -6.09. The minimum absolute atomic E-state index is 0.293. The maximum Gasteiger partial charge on any atom is 0.378 e. The maximum atomic E-state index is 11.5. The van der Waals surface area contributed by atoms with Crippen molar-refractivity contribution in [2.24, 2.45) is 0 Å². The first kappa shape index (κ1) is 23.0. The average molecular weight is 370 g/mol. The topological polar surface area (TPSA) is 239 Å². The number of aliphatic carboxylic acids is 1. The molecule has 0 aromatic carbocycles. The van der Waals surface area contributed by atoms with Crippen molar-refractivity contribution in [3.05, 3.63) is 0 Å². The molecular weight excluding hydrogens is 352 g/mol. The van der Waals surface area contributed by atoms with Crippen molar-refractivity contribution >= 4 is 24.0 Å². The van der Waals surface area contributed by atoms with Crippen molar-refractivity contribution in [3.8, 4) is 0 Å². The first-order chi connectivity index (χ1) is 11.5. The normalized spacial score (nSPS) is 19.6. The van der Waals surface area contributed by atoms with Gasteiger partial charge in [-0.05, 0) is 0 Å². The van der Waals surface area contributed by atoms with Crippen LogP contribution in [0.1, 0.15) is 0 Å². The van der Waals surface area contributed by atoms with Gasteiger partial charge in [-0.3, -0.25) is 9.59 Å². The highest BCUT2D eigenvalue weighted by Crippen LogP contribution is 2.10. The van der Waals surface area contributed by atoms with Gasteiger partial charge >= 0.3 is 11.9 Å². The van der Waals surface area contributed by atoms with E-state index < -0.39 is 67.1 Å². The number of aldehydes is 1. The summed E-state index contributed by atoms with van der Waals surface area (Å²) in [5.74, 6) is -5.81. The molecule has 0 heterocycles.